The molecule has 38 heavy (non-hydrogen) atoms. The predicted molar refractivity (Wildman–Crippen MR) is 147 cm³/mol. The molecule has 1 aliphatic heterocycles. The first-order chi connectivity index (χ1) is 18.6. The minimum Gasteiger partial charge on any atom is -0.493 e. The third kappa shape index (κ3) is 5.31. The second-order valence-electron chi connectivity index (χ2n) is 9.34. The van der Waals surface area contributed by atoms with Crippen LogP contribution < -0.4 is 19.5 Å². The number of hydrogen-bond donors (Lipinski definition) is 1. The average Bonchev–Trinajstić information content (AvgIpc) is 3.41. The van der Waals surface area contributed by atoms with Gasteiger partial charge in [0.05, 0.1) is 21.3 Å². The normalized spacial score (nSPS) is 13.9. The minimum absolute atomic E-state index is 0.0771. The predicted octanol–water partition coefficient (Wildman–Crippen LogP) is 5.40. The number of furan rings is 1. The summed E-state index contributed by atoms with van der Waals surface area (Å²) >= 11 is 0. The van der Waals surface area contributed by atoms with Crippen molar-refractivity contribution in [3.63, 3.8) is 0 Å². The lowest BCUT2D eigenvalue weighted by atomic mass is 10.0. The molecule has 0 unspecified atom stereocenters. The molecule has 1 N–H and O–H groups in total. The van der Waals surface area contributed by atoms with Gasteiger partial charge in [0.25, 0.3) is 5.91 Å². The fourth-order valence-electron chi connectivity index (χ4n) is 4.97. The number of ether oxygens (including phenoxy) is 3. The van der Waals surface area contributed by atoms with Gasteiger partial charge in [0.1, 0.15) is 11.3 Å². The van der Waals surface area contributed by atoms with Crippen LogP contribution in [0.3, 0.4) is 0 Å². The number of methoxy groups -OCH3 is 3. The number of carbonyl (C=O) groups is 1. The van der Waals surface area contributed by atoms with E-state index < -0.39 is 0 Å². The molecule has 1 aliphatic rings. The molecule has 3 heterocycles. The molecule has 2 aromatic carbocycles. The fourth-order valence-corrected chi connectivity index (χ4v) is 4.97. The largest absolute Gasteiger partial charge is 0.493 e. The van der Waals surface area contributed by atoms with Crippen LogP contribution in [0.15, 0.2) is 59.1 Å². The van der Waals surface area contributed by atoms with E-state index in [2.05, 4.69) is 15.2 Å². The third-order valence-corrected chi connectivity index (χ3v) is 6.96. The molecule has 8 heteroatoms. The number of hydrogen-bond acceptors (Lipinski definition) is 7. The van der Waals surface area contributed by atoms with Crippen LogP contribution in [-0.4, -0.2) is 63.3 Å². The van der Waals surface area contributed by atoms with E-state index in [1.807, 2.05) is 48.5 Å². The summed E-state index contributed by atoms with van der Waals surface area (Å²) in [5, 5.41) is 3.07. The van der Waals surface area contributed by atoms with Crippen LogP contribution in [0, 0.1) is 0 Å². The number of amides is 1. The summed E-state index contributed by atoms with van der Waals surface area (Å²) in [6.07, 6.45) is 5.53. The Morgan fingerprint density at radius 1 is 0.947 bits per heavy atom. The Morgan fingerprint density at radius 3 is 2.42 bits per heavy atom. The number of piperidine rings is 1. The van der Waals surface area contributed by atoms with Gasteiger partial charge in [-0.2, -0.15) is 0 Å². The standard InChI is InChI=1S/C30H33N3O5/c1-35-26-17-22(18-27(36-2)29(26)37-3)25-19-24-28(38-25)23(10-11-31-24)20-8-7-9-21(16-20)30(34)32-12-15-33-13-5-4-6-14-33/h7-11,16-19H,4-6,12-15H2,1-3H3,(H,32,34). The van der Waals surface area contributed by atoms with Crippen molar-refractivity contribution in [3.8, 4) is 39.7 Å². The molecule has 4 aromatic rings. The van der Waals surface area contributed by atoms with E-state index >= 15 is 0 Å². The van der Waals surface area contributed by atoms with Gasteiger partial charge in [0.15, 0.2) is 17.1 Å². The lowest BCUT2D eigenvalue weighted by molar-refractivity contribution is 0.0946. The highest BCUT2D eigenvalue weighted by Crippen LogP contribution is 2.42. The SMILES string of the molecule is COc1cc(-c2cc3nccc(-c4cccc(C(=O)NCCN5CCCCC5)c4)c3o2)cc(OC)c1OC. The molecule has 0 saturated carbocycles. The van der Waals surface area contributed by atoms with Crippen molar-refractivity contribution in [1.29, 1.82) is 0 Å². The summed E-state index contributed by atoms with van der Waals surface area (Å²) in [4.78, 5) is 19.8. The summed E-state index contributed by atoms with van der Waals surface area (Å²) in [7, 11) is 4.73. The molecule has 1 amide bonds. The zero-order valence-corrected chi connectivity index (χ0v) is 22.1. The van der Waals surface area contributed by atoms with Gasteiger partial charge in [0.2, 0.25) is 5.75 Å². The second kappa shape index (κ2) is 11.6. The lowest BCUT2D eigenvalue weighted by Crippen LogP contribution is -2.37. The van der Waals surface area contributed by atoms with E-state index in [0.717, 1.165) is 36.3 Å². The van der Waals surface area contributed by atoms with Crippen molar-refractivity contribution >= 4 is 17.0 Å². The Balaban J connectivity index is 1.41. The summed E-state index contributed by atoms with van der Waals surface area (Å²) in [5.74, 6) is 2.13. The zero-order chi connectivity index (χ0) is 26.5. The van der Waals surface area contributed by atoms with Gasteiger partial charge in [-0.15, -0.1) is 0 Å². The quantitative estimate of drug-likeness (QED) is 0.319. The van der Waals surface area contributed by atoms with E-state index in [1.54, 1.807) is 27.5 Å². The summed E-state index contributed by atoms with van der Waals surface area (Å²) in [5.41, 5.74) is 4.47. The van der Waals surface area contributed by atoms with Crippen LogP contribution in [0.4, 0.5) is 0 Å². The Bertz CT molecular complexity index is 1400. The molecule has 0 atom stereocenters. The van der Waals surface area contributed by atoms with Crippen LogP contribution in [-0.2, 0) is 0 Å². The summed E-state index contributed by atoms with van der Waals surface area (Å²) in [6, 6.07) is 15.1. The molecular weight excluding hydrogens is 482 g/mol. The maximum Gasteiger partial charge on any atom is 0.251 e. The van der Waals surface area contributed by atoms with E-state index in [0.29, 0.717) is 46.2 Å². The summed E-state index contributed by atoms with van der Waals surface area (Å²) < 4.78 is 22.8. The van der Waals surface area contributed by atoms with Gasteiger partial charge < -0.3 is 28.8 Å². The maximum atomic E-state index is 12.9. The van der Waals surface area contributed by atoms with Crippen LogP contribution in [0.5, 0.6) is 17.2 Å². The number of nitrogens with one attached hydrogen (secondary N) is 1. The number of carbonyl (C=O) groups excluding carboxylic acids is 1. The van der Waals surface area contributed by atoms with Crippen LogP contribution in [0.1, 0.15) is 29.6 Å². The minimum atomic E-state index is -0.0771. The lowest BCUT2D eigenvalue weighted by Gasteiger charge is -2.26. The Hall–Kier alpha value is -4.04. The average molecular weight is 516 g/mol. The molecule has 0 bridgehead atoms. The first-order valence-electron chi connectivity index (χ1n) is 12.9. The molecule has 1 fully saturated rings. The van der Waals surface area contributed by atoms with Gasteiger partial charge >= 0.3 is 0 Å². The topological polar surface area (TPSA) is 86.1 Å². The van der Waals surface area contributed by atoms with Crippen LogP contribution in [0.25, 0.3) is 33.6 Å². The van der Waals surface area contributed by atoms with Gasteiger partial charge in [0, 0.05) is 42.0 Å². The number of rotatable bonds is 9. The second-order valence-corrected chi connectivity index (χ2v) is 9.34. The number of fused-ring (bicyclic) bond motifs is 1. The van der Waals surface area contributed by atoms with Gasteiger partial charge in [-0.05, 0) is 61.8 Å². The molecule has 198 valence electrons. The van der Waals surface area contributed by atoms with E-state index in [4.69, 9.17) is 18.6 Å². The van der Waals surface area contributed by atoms with E-state index in [1.165, 1.54) is 19.3 Å². The number of aromatic nitrogens is 1. The van der Waals surface area contributed by atoms with Crippen LogP contribution in [0.2, 0.25) is 0 Å². The van der Waals surface area contributed by atoms with Crippen molar-refractivity contribution in [1.82, 2.24) is 15.2 Å². The van der Waals surface area contributed by atoms with E-state index in [9.17, 15) is 4.79 Å². The van der Waals surface area contributed by atoms with Gasteiger partial charge in [-0.3, -0.25) is 9.78 Å². The van der Waals surface area contributed by atoms with Gasteiger partial charge in [-0.1, -0.05) is 18.6 Å². The maximum absolute atomic E-state index is 12.9. The molecule has 0 aliphatic carbocycles. The third-order valence-electron chi connectivity index (χ3n) is 6.96. The number of benzene rings is 2. The van der Waals surface area contributed by atoms with Crippen LogP contribution >= 0.6 is 0 Å². The van der Waals surface area contributed by atoms with Crippen molar-refractivity contribution in [2.75, 3.05) is 47.5 Å². The molecule has 0 spiro atoms. The Morgan fingerprint density at radius 2 is 1.71 bits per heavy atom. The van der Waals surface area contributed by atoms with E-state index in [-0.39, 0.29) is 5.91 Å². The molecule has 8 nitrogen and oxygen atoms in total. The molecular formula is C30H33N3O5. The van der Waals surface area contributed by atoms with Crippen molar-refractivity contribution in [2.24, 2.45) is 0 Å². The number of pyridine rings is 1. The first kappa shape index (κ1) is 25.6. The Labute approximate surface area is 222 Å². The smallest absolute Gasteiger partial charge is 0.251 e. The zero-order valence-electron chi connectivity index (χ0n) is 22.1. The van der Waals surface area contributed by atoms with Crippen molar-refractivity contribution < 1.29 is 23.4 Å². The highest BCUT2D eigenvalue weighted by molar-refractivity contribution is 5.98. The molecule has 2 aromatic heterocycles. The number of likely N-dealkylation sites (tertiary alicyclic amines) is 1. The molecule has 5 rings (SSSR count). The van der Waals surface area contributed by atoms with Crippen molar-refractivity contribution in [2.45, 2.75) is 19.3 Å². The highest BCUT2D eigenvalue weighted by Gasteiger charge is 2.19. The number of nitrogens with zero attached hydrogens (tertiary/aromatic N) is 2. The molecule has 0 radical (unpaired) electrons. The fraction of sp³-hybridized carbons (Fsp3) is 0.333. The highest BCUT2D eigenvalue weighted by atomic mass is 16.5. The monoisotopic (exact) mass is 515 g/mol. The first-order valence-corrected chi connectivity index (χ1v) is 12.9. The molecule has 1 saturated heterocycles. The Kier molecular flexibility index (Phi) is 7.79. The van der Waals surface area contributed by atoms with Gasteiger partial charge in [-0.25, -0.2) is 0 Å². The summed E-state index contributed by atoms with van der Waals surface area (Å²) in [6.45, 7) is 3.75. The van der Waals surface area contributed by atoms with Crippen molar-refractivity contribution in [3.05, 3.63) is 60.3 Å².